The van der Waals surface area contributed by atoms with Gasteiger partial charge in [-0.2, -0.15) is 0 Å². The number of rotatable bonds is 5. The summed E-state index contributed by atoms with van der Waals surface area (Å²) < 4.78 is 7.17. The molecule has 0 saturated carbocycles. The van der Waals surface area contributed by atoms with Crippen LogP contribution in [-0.2, 0) is 0 Å². The molecule has 0 bridgehead atoms. The lowest BCUT2D eigenvalue weighted by Gasteiger charge is -2.13. The monoisotopic (exact) mass is 727 g/mol. The molecule has 0 unspecified atom stereocenters. The molecule has 0 aliphatic rings. The molecule has 4 aromatic heterocycles. The van der Waals surface area contributed by atoms with E-state index in [1.54, 1.807) is 0 Å². The van der Waals surface area contributed by atoms with E-state index in [0.717, 1.165) is 50.4 Å². The first-order valence-corrected chi connectivity index (χ1v) is 19.3. The molecule has 5 heteroatoms. The summed E-state index contributed by atoms with van der Waals surface area (Å²) in [4.78, 5) is 10.3. The number of hydrogen-bond donors (Lipinski definition) is 0. The van der Waals surface area contributed by atoms with Crippen molar-refractivity contribution in [2.45, 2.75) is 0 Å². The highest BCUT2D eigenvalue weighted by molar-refractivity contribution is 6.26. The standard InChI is InChI=1S/C52H33N5/c1-4-16-34(17-5-1)43-33-49(54-52(53-43)35-18-6-2-7-19-35)57-45-26-14-11-23-39(45)42-32-37(28-30-47(42)57)55-46-27-15-12-24-41(46)50-48(55)31-29-40-38-22-10-13-25-44(38)56(51(40)50)36-20-8-3-9-21-36/h1-33H. The number of aromatic nitrogens is 5. The molecule has 0 aliphatic carbocycles. The Morgan fingerprint density at radius 2 is 0.860 bits per heavy atom. The van der Waals surface area contributed by atoms with E-state index in [2.05, 4.69) is 190 Å². The summed E-state index contributed by atoms with van der Waals surface area (Å²) >= 11 is 0. The van der Waals surface area contributed by atoms with Crippen molar-refractivity contribution >= 4 is 65.4 Å². The quantitative estimate of drug-likeness (QED) is 0.177. The lowest BCUT2D eigenvalue weighted by atomic mass is 10.1. The Morgan fingerprint density at radius 3 is 1.58 bits per heavy atom. The molecule has 0 saturated heterocycles. The molecule has 12 aromatic rings. The maximum absolute atomic E-state index is 5.25. The zero-order valence-corrected chi connectivity index (χ0v) is 30.8. The molecule has 266 valence electrons. The normalized spacial score (nSPS) is 11.9. The van der Waals surface area contributed by atoms with Gasteiger partial charge in [-0.05, 0) is 54.6 Å². The van der Waals surface area contributed by atoms with Crippen LogP contribution >= 0.6 is 0 Å². The molecule has 0 spiro atoms. The van der Waals surface area contributed by atoms with Crippen LogP contribution in [0.2, 0.25) is 0 Å². The van der Waals surface area contributed by atoms with Gasteiger partial charge in [-0.15, -0.1) is 0 Å². The van der Waals surface area contributed by atoms with Gasteiger partial charge < -0.3 is 9.13 Å². The summed E-state index contributed by atoms with van der Waals surface area (Å²) in [6.45, 7) is 0. The third kappa shape index (κ3) is 4.76. The van der Waals surface area contributed by atoms with Crippen molar-refractivity contribution in [1.29, 1.82) is 0 Å². The average molecular weight is 728 g/mol. The van der Waals surface area contributed by atoms with E-state index in [-0.39, 0.29) is 0 Å². The Bertz CT molecular complexity index is 3440. The molecule has 4 heterocycles. The van der Waals surface area contributed by atoms with E-state index < -0.39 is 0 Å². The molecule has 0 amide bonds. The van der Waals surface area contributed by atoms with Gasteiger partial charge in [0.25, 0.3) is 0 Å². The first-order chi connectivity index (χ1) is 28.3. The second-order valence-corrected chi connectivity index (χ2v) is 14.6. The van der Waals surface area contributed by atoms with Crippen molar-refractivity contribution in [3.05, 3.63) is 200 Å². The fourth-order valence-corrected chi connectivity index (χ4v) is 9.00. The van der Waals surface area contributed by atoms with Crippen LogP contribution < -0.4 is 0 Å². The lowest BCUT2D eigenvalue weighted by molar-refractivity contribution is 1.05. The van der Waals surface area contributed by atoms with Gasteiger partial charge in [0.05, 0.1) is 38.8 Å². The predicted octanol–water partition coefficient (Wildman–Crippen LogP) is 13.1. The van der Waals surface area contributed by atoms with E-state index in [4.69, 9.17) is 9.97 Å². The Hall–Kier alpha value is -7.76. The molecule has 57 heavy (non-hydrogen) atoms. The number of nitrogens with zero attached hydrogens (tertiary/aromatic N) is 5. The topological polar surface area (TPSA) is 40.6 Å². The van der Waals surface area contributed by atoms with E-state index in [9.17, 15) is 0 Å². The highest BCUT2D eigenvalue weighted by Gasteiger charge is 2.22. The van der Waals surface area contributed by atoms with Gasteiger partial charge >= 0.3 is 0 Å². The van der Waals surface area contributed by atoms with Crippen LogP contribution in [0.15, 0.2) is 200 Å². The third-order valence-electron chi connectivity index (χ3n) is 11.4. The maximum atomic E-state index is 5.25. The zero-order chi connectivity index (χ0) is 37.5. The van der Waals surface area contributed by atoms with Gasteiger partial charge in [0.2, 0.25) is 0 Å². The highest BCUT2D eigenvalue weighted by atomic mass is 15.1. The van der Waals surface area contributed by atoms with Crippen molar-refractivity contribution in [2.24, 2.45) is 0 Å². The lowest BCUT2D eigenvalue weighted by Crippen LogP contribution is -2.02. The second kappa shape index (κ2) is 12.4. The largest absolute Gasteiger partial charge is 0.309 e. The zero-order valence-electron chi connectivity index (χ0n) is 30.8. The Labute approximate surface area is 328 Å². The van der Waals surface area contributed by atoms with Crippen LogP contribution in [0.25, 0.3) is 105 Å². The number of para-hydroxylation sites is 4. The fourth-order valence-electron chi connectivity index (χ4n) is 9.00. The first-order valence-electron chi connectivity index (χ1n) is 19.3. The van der Waals surface area contributed by atoms with Crippen LogP contribution in [0, 0.1) is 0 Å². The van der Waals surface area contributed by atoms with Gasteiger partial charge in [-0.1, -0.05) is 140 Å². The molecular weight excluding hydrogens is 695 g/mol. The summed E-state index contributed by atoms with van der Waals surface area (Å²) in [7, 11) is 0. The molecule has 0 aliphatic heterocycles. The van der Waals surface area contributed by atoms with Gasteiger partial charge in [-0.3, -0.25) is 4.57 Å². The molecule has 8 aromatic carbocycles. The summed E-state index contributed by atoms with van der Waals surface area (Å²) in [5.74, 6) is 1.52. The van der Waals surface area contributed by atoms with Crippen LogP contribution in [0.4, 0.5) is 0 Å². The van der Waals surface area contributed by atoms with Gasteiger partial charge in [0.1, 0.15) is 5.82 Å². The van der Waals surface area contributed by atoms with Crippen LogP contribution in [0.1, 0.15) is 0 Å². The van der Waals surface area contributed by atoms with E-state index in [0.29, 0.717) is 5.82 Å². The molecule has 0 atom stereocenters. The average Bonchev–Trinajstić information content (AvgIpc) is 3.92. The van der Waals surface area contributed by atoms with Crippen molar-refractivity contribution in [1.82, 2.24) is 23.7 Å². The predicted molar refractivity (Wildman–Crippen MR) is 236 cm³/mol. The summed E-state index contributed by atoms with van der Waals surface area (Å²) in [6, 6.07) is 71.2. The van der Waals surface area contributed by atoms with Gasteiger partial charge in [-0.25, -0.2) is 9.97 Å². The van der Waals surface area contributed by atoms with E-state index in [1.807, 2.05) is 24.3 Å². The van der Waals surface area contributed by atoms with Crippen molar-refractivity contribution in [2.75, 3.05) is 0 Å². The maximum Gasteiger partial charge on any atom is 0.162 e. The summed E-state index contributed by atoms with van der Waals surface area (Å²) in [6.07, 6.45) is 0. The SMILES string of the molecule is c1ccc(-c2cc(-n3c4ccccc4c4cc(-n5c6ccccc6c6c5ccc5c7ccccc7n(-c7ccccc7)c56)ccc43)nc(-c3ccccc3)n2)cc1. The number of fused-ring (bicyclic) bond motifs is 10. The Morgan fingerprint density at radius 1 is 0.316 bits per heavy atom. The minimum Gasteiger partial charge on any atom is -0.309 e. The van der Waals surface area contributed by atoms with Crippen LogP contribution in [0.5, 0.6) is 0 Å². The highest BCUT2D eigenvalue weighted by Crippen LogP contribution is 2.43. The molecule has 0 N–H and O–H groups in total. The van der Waals surface area contributed by atoms with Crippen molar-refractivity contribution in [3.63, 3.8) is 0 Å². The van der Waals surface area contributed by atoms with Gasteiger partial charge in [0, 0.05) is 60.9 Å². The number of benzene rings is 8. The smallest absolute Gasteiger partial charge is 0.162 e. The molecule has 0 fully saturated rings. The van der Waals surface area contributed by atoms with E-state index >= 15 is 0 Å². The van der Waals surface area contributed by atoms with Crippen molar-refractivity contribution < 1.29 is 0 Å². The van der Waals surface area contributed by atoms with E-state index in [1.165, 1.54) is 49.0 Å². The first kappa shape index (κ1) is 31.6. The molecular formula is C52H33N5. The Kier molecular flexibility index (Phi) is 6.86. The molecule has 5 nitrogen and oxygen atoms in total. The minimum absolute atomic E-state index is 0.694. The Balaban J connectivity index is 1.13. The third-order valence-corrected chi connectivity index (χ3v) is 11.4. The number of hydrogen-bond acceptors (Lipinski definition) is 2. The van der Waals surface area contributed by atoms with Crippen LogP contribution in [-0.4, -0.2) is 23.7 Å². The summed E-state index contributed by atoms with van der Waals surface area (Å²) in [5.41, 5.74) is 12.1. The molecule has 0 radical (unpaired) electrons. The van der Waals surface area contributed by atoms with Gasteiger partial charge in [0.15, 0.2) is 5.82 Å². The second-order valence-electron chi connectivity index (χ2n) is 14.6. The minimum atomic E-state index is 0.694. The molecule has 12 rings (SSSR count). The summed E-state index contributed by atoms with van der Waals surface area (Å²) in [5, 5.41) is 7.30. The fraction of sp³-hybridized carbons (Fsp3) is 0. The van der Waals surface area contributed by atoms with Crippen LogP contribution in [0.3, 0.4) is 0 Å². The van der Waals surface area contributed by atoms with Crippen molar-refractivity contribution in [3.8, 4) is 39.8 Å².